The monoisotopic (exact) mass is 255 g/mol. The van der Waals surface area contributed by atoms with Gasteiger partial charge in [-0.2, -0.15) is 0 Å². The first-order valence-corrected chi connectivity index (χ1v) is 5.97. The lowest BCUT2D eigenvalue weighted by atomic mass is 10.3. The first-order chi connectivity index (χ1) is 8.41. The number of rotatable bonds is 4. The second-order valence-corrected chi connectivity index (χ2v) is 4.65. The minimum absolute atomic E-state index is 0.127. The third kappa shape index (κ3) is 4.03. The van der Waals surface area contributed by atoms with Gasteiger partial charge in [-0.1, -0.05) is 6.58 Å². The highest BCUT2D eigenvalue weighted by Crippen LogP contribution is 2.10. The molecule has 1 atom stereocenters. The van der Waals surface area contributed by atoms with Crippen LogP contribution in [0.5, 0.6) is 0 Å². The number of esters is 1. The third-order valence-corrected chi connectivity index (χ3v) is 2.72. The minimum Gasteiger partial charge on any atom is -0.460 e. The summed E-state index contributed by atoms with van der Waals surface area (Å²) < 4.78 is 4.88. The third-order valence-electron chi connectivity index (χ3n) is 2.72. The van der Waals surface area contributed by atoms with Gasteiger partial charge in [0.15, 0.2) is 0 Å². The van der Waals surface area contributed by atoms with Crippen LogP contribution in [0.15, 0.2) is 12.2 Å². The zero-order chi connectivity index (χ0) is 13.7. The van der Waals surface area contributed by atoms with Crippen molar-refractivity contribution in [1.29, 1.82) is 0 Å². The van der Waals surface area contributed by atoms with Gasteiger partial charge in [0.05, 0.1) is 13.2 Å². The van der Waals surface area contributed by atoms with Crippen LogP contribution in [0.2, 0.25) is 0 Å². The average molecular weight is 255 g/mol. The van der Waals surface area contributed by atoms with Crippen molar-refractivity contribution in [3.63, 3.8) is 0 Å². The molecule has 0 saturated carbocycles. The fourth-order valence-electron chi connectivity index (χ4n) is 1.80. The zero-order valence-corrected chi connectivity index (χ0v) is 11.2. The molecule has 102 valence electrons. The van der Waals surface area contributed by atoms with Gasteiger partial charge < -0.3 is 15.0 Å². The van der Waals surface area contributed by atoms with E-state index in [1.54, 1.807) is 11.8 Å². The SMILES string of the molecule is C=C(C)C(=O)OCCNC(=O)N1CN(C)CC1C. The molecule has 1 unspecified atom stereocenters. The van der Waals surface area contributed by atoms with Crippen molar-refractivity contribution < 1.29 is 14.3 Å². The highest BCUT2D eigenvalue weighted by atomic mass is 16.5. The molecule has 0 bridgehead atoms. The topological polar surface area (TPSA) is 61.9 Å². The fraction of sp³-hybridized carbons (Fsp3) is 0.667. The lowest BCUT2D eigenvalue weighted by molar-refractivity contribution is -0.138. The van der Waals surface area contributed by atoms with Gasteiger partial charge in [-0.25, -0.2) is 9.59 Å². The zero-order valence-electron chi connectivity index (χ0n) is 11.2. The van der Waals surface area contributed by atoms with Gasteiger partial charge in [0, 0.05) is 18.2 Å². The van der Waals surface area contributed by atoms with Crippen molar-refractivity contribution in [2.75, 3.05) is 33.4 Å². The molecule has 0 spiro atoms. The molecule has 0 radical (unpaired) electrons. The number of hydrogen-bond donors (Lipinski definition) is 1. The number of ether oxygens (including phenoxy) is 1. The summed E-state index contributed by atoms with van der Waals surface area (Å²) >= 11 is 0. The molecule has 0 aromatic heterocycles. The highest BCUT2D eigenvalue weighted by Gasteiger charge is 2.28. The number of nitrogens with zero attached hydrogens (tertiary/aromatic N) is 2. The molecule has 1 fully saturated rings. The Labute approximate surface area is 108 Å². The van der Waals surface area contributed by atoms with Gasteiger partial charge in [-0.15, -0.1) is 0 Å². The molecule has 1 aliphatic heterocycles. The highest BCUT2D eigenvalue weighted by molar-refractivity contribution is 5.86. The van der Waals surface area contributed by atoms with Crippen LogP contribution in [0.3, 0.4) is 0 Å². The van der Waals surface area contributed by atoms with Crippen LogP contribution < -0.4 is 5.32 Å². The van der Waals surface area contributed by atoms with E-state index in [2.05, 4.69) is 16.8 Å². The Bertz CT molecular complexity index is 343. The van der Waals surface area contributed by atoms with E-state index >= 15 is 0 Å². The molecule has 1 N–H and O–H groups in total. The van der Waals surface area contributed by atoms with Crippen LogP contribution >= 0.6 is 0 Å². The maximum absolute atomic E-state index is 11.8. The van der Waals surface area contributed by atoms with E-state index in [-0.39, 0.29) is 18.7 Å². The first kappa shape index (κ1) is 14.5. The summed E-state index contributed by atoms with van der Waals surface area (Å²) in [6.07, 6.45) is 0. The summed E-state index contributed by atoms with van der Waals surface area (Å²) in [6, 6.07) is 0.0752. The summed E-state index contributed by atoms with van der Waals surface area (Å²) in [6.45, 7) is 9.03. The van der Waals surface area contributed by atoms with Crippen molar-refractivity contribution in [3.05, 3.63) is 12.2 Å². The van der Waals surface area contributed by atoms with Crippen molar-refractivity contribution in [2.45, 2.75) is 19.9 Å². The lowest BCUT2D eigenvalue weighted by Crippen LogP contribution is -2.43. The summed E-state index contributed by atoms with van der Waals surface area (Å²) in [4.78, 5) is 26.7. The Morgan fingerprint density at radius 3 is 2.67 bits per heavy atom. The van der Waals surface area contributed by atoms with E-state index in [0.29, 0.717) is 18.8 Å². The molecule has 6 heteroatoms. The first-order valence-electron chi connectivity index (χ1n) is 5.97. The molecule has 2 amide bonds. The standard InChI is InChI=1S/C12H21N3O3/c1-9(2)11(16)18-6-5-13-12(17)15-8-14(4)7-10(15)3/h10H,1,5-8H2,2-4H3,(H,13,17). The van der Waals surface area contributed by atoms with E-state index < -0.39 is 5.97 Å². The van der Waals surface area contributed by atoms with Crippen molar-refractivity contribution in [2.24, 2.45) is 0 Å². The van der Waals surface area contributed by atoms with Crippen molar-refractivity contribution in [1.82, 2.24) is 15.1 Å². The van der Waals surface area contributed by atoms with Gasteiger partial charge in [-0.05, 0) is 20.9 Å². The van der Waals surface area contributed by atoms with Gasteiger partial charge in [0.2, 0.25) is 0 Å². The molecule has 0 aromatic rings. The molecule has 18 heavy (non-hydrogen) atoms. The minimum atomic E-state index is -0.432. The summed E-state index contributed by atoms with van der Waals surface area (Å²) in [7, 11) is 1.97. The lowest BCUT2D eigenvalue weighted by Gasteiger charge is -2.20. The molecule has 0 aliphatic carbocycles. The normalized spacial score (nSPS) is 19.7. The van der Waals surface area contributed by atoms with Crippen LogP contribution in [0.4, 0.5) is 4.79 Å². The van der Waals surface area contributed by atoms with Crippen molar-refractivity contribution in [3.8, 4) is 0 Å². The van der Waals surface area contributed by atoms with Crippen LogP contribution in [0.25, 0.3) is 0 Å². The summed E-state index contributed by atoms with van der Waals surface area (Å²) in [5, 5.41) is 2.72. The van der Waals surface area contributed by atoms with E-state index in [1.807, 2.05) is 14.0 Å². The number of amides is 2. The van der Waals surface area contributed by atoms with Gasteiger partial charge >= 0.3 is 12.0 Å². The number of hydrogen-bond acceptors (Lipinski definition) is 4. The summed E-state index contributed by atoms with van der Waals surface area (Å²) in [5.41, 5.74) is 0.358. The quantitative estimate of drug-likeness (QED) is 0.449. The van der Waals surface area contributed by atoms with Crippen LogP contribution in [-0.4, -0.2) is 61.3 Å². The number of nitrogens with one attached hydrogen (secondary N) is 1. The second kappa shape index (κ2) is 6.39. The molecule has 1 rings (SSSR count). The molecular formula is C12H21N3O3. The predicted molar refractivity (Wildman–Crippen MR) is 68.0 cm³/mol. The molecule has 1 saturated heterocycles. The Hall–Kier alpha value is -1.56. The van der Waals surface area contributed by atoms with Gasteiger partial charge in [0.1, 0.15) is 6.61 Å². The summed E-state index contributed by atoms with van der Waals surface area (Å²) in [5.74, 6) is -0.432. The van der Waals surface area contributed by atoms with Crippen molar-refractivity contribution >= 4 is 12.0 Å². The average Bonchev–Trinajstić information content (AvgIpc) is 2.63. The Kier molecular flexibility index (Phi) is 5.15. The van der Waals surface area contributed by atoms with E-state index in [0.717, 1.165) is 6.54 Å². The van der Waals surface area contributed by atoms with E-state index in [1.165, 1.54) is 0 Å². The molecule has 1 heterocycles. The molecular weight excluding hydrogens is 234 g/mol. The second-order valence-electron chi connectivity index (χ2n) is 4.65. The Morgan fingerprint density at radius 2 is 2.17 bits per heavy atom. The molecule has 0 aromatic carbocycles. The van der Waals surface area contributed by atoms with Crippen LogP contribution in [0.1, 0.15) is 13.8 Å². The number of carbonyl (C=O) groups excluding carboxylic acids is 2. The van der Waals surface area contributed by atoms with E-state index in [4.69, 9.17) is 4.74 Å². The van der Waals surface area contributed by atoms with Gasteiger partial charge in [-0.3, -0.25) is 4.90 Å². The van der Waals surface area contributed by atoms with Crippen LogP contribution in [-0.2, 0) is 9.53 Å². The predicted octanol–water partition coefficient (Wildman–Crippen LogP) is 0.409. The number of urea groups is 1. The molecule has 6 nitrogen and oxygen atoms in total. The maximum atomic E-state index is 11.8. The smallest absolute Gasteiger partial charge is 0.333 e. The van der Waals surface area contributed by atoms with Gasteiger partial charge in [0.25, 0.3) is 0 Å². The Morgan fingerprint density at radius 1 is 1.50 bits per heavy atom. The Balaban J connectivity index is 2.22. The number of likely N-dealkylation sites (N-methyl/N-ethyl adjacent to an activating group) is 1. The maximum Gasteiger partial charge on any atom is 0.333 e. The largest absolute Gasteiger partial charge is 0.460 e. The number of carbonyl (C=O) groups is 2. The van der Waals surface area contributed by atoms with Crippen LogP contribution in [0, 0.1) is 0 Å². The fourth-order valence-corrected chi connectivity index (χ4v) is 1.80. The molecule has 1 aliphatic rings. The van der Waals surface area contributed by atoms with E-state index in [9.17, 15) is 9.59 Å².